The van der Waals surface area contributed by atoms with E-state index in [0.29, 0.717) is 43.2 Å². The number of alkyl halides is 2. The van der Waals surface area contributed by atoms with Gasteiger partial charge in [0.15, 0.2) is 23.0 Å². The van der Waals surface area contributed by atoms with Crippen molar-refractivity contribution in [1.82, 2.24) is 9.80 Å². The number of methoxy groups -OCH3 is 3. The minimum absolute atomic E-state index is 0.0402. The first-order chi connectivity index (χ1) is 15.4. The molecule has 1 saturated heterocycles. The second-order valence-electron chi connectivity index (χ2n) is 6.90. The number of halogens is 2. The zero-order valence-corrected chi connectivity index (χ0v) is 18.0. The molecule has 2 aromatic rings. The maximum absolute atomic E-state index is 12.9. The predicted octanol–water partition coefficient (Wildman–Crippen LogP) is 2.91. The van der Waals surface area contributed by atoms with Gasteiger partial charge in [-0.1, -0.05) is 0 Å². The summed E-state index contributed by atoms with van der Waals surface area (Å²) >= 11 is 0. The molecule has 0 N–H and O–H groups in total. The minimum Gasteiger partial charge on any atom is -0.493 e. The lowest BCUT2D eigenvalue weighted by Crippen LogP contribution is -2.50. The third kappa shape index (κ3) is 5.01. The fourth-order valence-corrected chi connectivity index (χ4v) is 3.44. The summed E-state index contributed by atoms with van der Waals surface area (Å²) < 4.78 is 44.9. The molecule has 172 valence electrons. The number of ether oxygens (including phenoxy) is 4. The lowest BCUT2D eigenvalue weighted by atomic mass is 10.1. The van der Waals surface area contributed by atoms with Crippen molar-refractivity contribution in [2.45, 2.75) is 6.61 Å². The molecular weight excluding hydrogens is 426 g/mol. The van der Waals surface area contributed by atoms with Crippen molar-refractivity contribution in [1.29, 1.82) is 0 Å². The number of rotatable bonds is 7. The van der Waals surface area contributed by atoms with Crippen LogP contribution < -0.4 is 18.9 Å². The number of hydrogen-bond acceptors (Lipinski definition) is 6. The molecule has 0 aromatic heterocycles. The van der Waals surface area contributed by atoms with Gasteiger partial charge in [-0.2, -0.15) is 8.78 Å². The zero-order chi connectivity index (χ0) is 23.3. The number of hydrogen-bond donors (Lipinski definition) is 0. The molecule has 1 fully saturated rings. The highest BCUT2D eigenvalue weighted by molar-refractivity contribution is 5.96. The Balaban J connectivity index is 1.65. The highest BCUT2D eigenvalue weighted by atomic mass is 19.3. The van der Waals surface area contributed by atoms with Crippen LogP contribution in [0.2, 0.25) is 0 Å². The molecule has 1 aliphatic rings. The summed E-state index contributed by atoms with van der Waals surface area (Å²) in [4.78, 5) is 29.0. The predicted molar refractivity (Wildman–Crippen MR) is 111 cm³/mol. The number of carbonyl (C=O) groups is 2. The van der Waals surface area contributed by atoms with Crippen LogP contribution in [-0.4, -0.2) is 75.7 Å². The Hall–Kier alpha value is -3.56. The van der Waals surface area contributed by atoms with Crippen molar-refractivity contribution < 1.29 is 37.3 Å². The first-order valence-electron chi connectivity index (χ1n) is 9.81. The van der Waals surface area contributed by atoms with E-state index in [2.05, 4.69) is 4.74 Å². The highest BCUT2D eigenvalue weighted by Crippen LogP contribution is 2.30. The van der Waals surface area contributed by atoms with E-state index < -0.39 is 6.61 Å². The van der Waals surface area contributed by atoms with Gasteiger partial charge in [0.2, 0.25) is 0 Å². The van der Waals surface area contributed by atoms with Crippen LogP contribution in [0.5, 0.6) is 23.0 Å². The molecule has 8 nitrogen and oxygen atoms in total. The van der Waals surface area contributed by atoms with Gasteiger partial charge in [-0.3, -0.25) is 9.59 Å². The monoisotopic (exact) mass is 450 g/mol. The smallest absolute Gasteiger partial charge is 0.387 e. The van der Waals surface area contributed by atoms with E-state index in [9.17, 15) is 18.4 Å². The normalized spacial score (nSPS) is 13.7. The number of piperazine rings is 1. The average molecular weight is 450 g/mol. The van der Waals surface area contributed by atoms with Gasteiger partial charge in [0.25, 0.3) is 11.8 Å². The van der Waals surface area contributed by atoms with E-state index in [1.807, 2.05) is 0 Å². The van der Waals surface area contributed by atoms with Gasteiger partial charge in [-0.05, 0) is 36.4 Å². The van der Waals surface area contributed by atoms with Crippen LogP contribution in [0.3, 0.4) is 0 Å². The number of amides is 2. The Morgan fingerprint density at radius 2 is 1.12 bits per heavy atom. The van der Waals surface area contributed by atoms with E-state index in [4.69, 9.17) is 14.2 Å². The van der Waals surface area contributed by atoms with E-state index in [0.717, 1.165) is 0 Å². The summed E-state index contributed by atoms with van der Waals surface area (Å²) in [7, 11) is 4.32. The molecule has 10 heteroatoms. The molecule has 0 saturated carbocycles. The third-order valence-corrected chi connectivity index (χ3v) is 5.11. The van der Waals surface area contributed by atoms with Crippen LogP contribution in [0.4, 0.5) is 8.78 Å². The molecular formula is C22H24F2N2O6. The Bertz CT molecular complexity index is 977. The molecule has 32 heavy (non-hydrogen) atoms. The van der Waals surface area contributed by atoms with Gasteiger partial charge in [0.05, 0.1) is 21.3 Å². The fraction of sp³-hybridized carbons (Fsp3) is 0.364. The second kappa shape index (κ2) is 10.2. The van der Waals surface area contributed by atoms with Crippen LogP contribution in [0.15, 0.2) is 36.4 Å². The molecule has 1 aliphatic heterocycles. The molecule has 1 heterocycles. The quantitative estimate of drug-likeness (QED) is 0.646. The van der Waals surface area contributed by atoms with Crippen LogP contribution in [0, 0.1) is 0 Å². The Morgan fingerprint density at radius 1 is 0.719 bits per heavy atom. The summed E-state index contributed by atoms with van der Waals surface area (Å²) in [5.41, 5.74) is 0.741. The van der Waals surface area contributed by atoms with E-state index in [-0.39, 0.29) is 28.9 Å². The molecule has 3 rings (SSSR count). The molecule has 0 bridgehead atoms. The molecule has 0 atom stereocenters. The van der Waals surface area contributed by atoms with Crippen LogP contribution in [0.1, 0.15) is 20.7 Å². The van der Waals surface area contributed by atoms with E-state index in [1.54, 1.807) is 28.0 Å². The van der Waals surface area contributed by atoms with Crippen molar-refractivity contribution >= 4 is 11.8 Å². The van der Waals surface area contributed by atoms with Gasteiger partial charge in [0, 0.05) is 37.3 Å². The SMILES string of the molecule is COc1ccc(C(=O)N2CCN(C(=O)c3ccc(OC(F)F)c(OC)c3)CC2)cc1OC. The third-order valence-electron chi connectivity index (χ3n) is 5.11. The lowest BCUT2D eigenvalue weighted by molar-refractivity contribution is -0.0512. The van der Waals surface area contributed by atoms with Crippen LogP contribution in [-0.2, 0) is 0 Å². The molecule has 0 unspecified atom stereocenters. The average Bonchev–Trinajstić information content (AvgIpc) is 2.82. The Kier molecular flexibility index (Phi) is 7.34. The summed E-state index contributed by atoms with van der Waals surface area (Å²) in [6.07, 6.45) is 0. The molecule has 0 radical (unpaired) electrons. The summed E-state index contributed by atoms with van der Waals surface area (Å²) in [6.45, 7) is -1.64. The number of carbonyl (C=O) groups excluding carboxylic acids is 2. The Labute approximate surface area is 184 Å². The van der Waals surface area contributed by atoms with Crippen LogP contribution in [0.25, 0.3) is 0 Å². The topological polar surface area (TPSA) is 77.5 Å². The molecule has 0 aliphatic carbocycles. The number of benzene rings is 2. The highest BCUT2D eigenvalue weighted by Gasteiger charge is 2.27. The molecule has 0 spiro atoms. The van der Waals surface area contributed by atoms with E-state index in [1.165, 1.54) is 39.5 Å². The standard InChI is InChI=1S/C22H24F2N2O6/c1-29-16-6-4-14(12-18(16)30-2)20(27)25-8-10-26(11-9-25)21(28)15-5-7-17(32-22(23)24)19(13-15)31-3/h4-7,12-13,22H,8-11H2,1-3H3. The van der Waals surface area contributed by atoms with Crippen LogP contribution >= 0.6 is 0 Å². The second-order valence-corrected chi connectivity index (χ2v) is 6.90. The minimum atomic E-state index is -3.00. The molecule has 2 aromatic carbocycles. The maximum atomic E-state index is 12.9. The van der Waals surface area contributed by atoms with Gasteiger partial charge in [-0.15, -0.1) is 0 Å². The van der Waals surface area contributed by atoms with Crippen molar-refractivity contribution in [2.24, 2.45) is 0 Å². The zero-order valence-electron chi connectivity index (χ0n) is 18.0. The maximum Gasteiger partial charge on any atom is 0.387 e. The van der Waals surface area contributed by atoms with E-state index >= 15 is 0 Å². The van der Waals surface area contributed by atoms with Crippen molar-refractivity contribution in [3.05, 3.63) is 47.5 Å². The van der Waals surface area contributed by atoms with Crippen molar-refractivity contribution in [3.8, 4) is 23.0 Å². The fourth-order valence-electron chi connectivity index (χ4n) is 3.44. The first-order valence-corrected chi connectivity index (χ1v) is 9.81. The van der Waals surface area contributed by atoms with Gasteiger partial charge in [0.1, 0.15) is 0 Å². The van der Waals surface area contributed by atoms with Gasteiger partial charge >= 0.3 is 6.61 Å². The summed E-state index contributed by atoms with van der Waals surface area (Å²) in [5.74, 6) is 0.418. The number of nitrogens with zero attached hydrogens (tertiary/aromatic N) is 2. The summed E-state index contributed by atoms with van der Waals surface area (Å²) in [5, 5.41) is 0. The largest absolute Gasteiger partial charge is 0.493 e. The molecule has 2 amide bonds. The summed E-state index contributed by atoms with van der Waals surface area (Å²) in [6, 6.07) is 8.99. The Morgan fingerprint density at radius 3 is 1.53 bits per heavy atom. The van der Waals surface area contributed by atoms with Gasteiger partial charge in [-0.25, -0.2) is 0 Å². The van der Waals surface area contributed by atoms with Gasteiger partial charge < -0.3 is 28.7 Å². The van der Waals surface area contributed by atoms with Crippen molar-refractivity contribution in [3.63, 3.8) is 0 Å². The first kappa shape index (κ1) is 23.1. The van der Waals surface area contributed by atoms with Crippen molar-refractivity contribution in [2.75, 3.05) is 47.5 Å². The lowest BCUT2D eigenvalue weighted by Gasteiger charge is -2.35.